The first-order valence-electron chi connectivity index (χ1n) is 14.3. The van der Waals surface area contributed by atoms with E-state index in [0.717, 1.165) is 64.4 Å². The first-order valence-corrected chi connectivity index (χ1v) is 14.7. The number of aliphatic hydroxyl groups excluding tert-OH is 2. The van der Waals surface area contributed by atoms with Crippen molar-refractivity contribution < 1.29 is 14.6 Å². The lowest BCUT2D eigenvalue weighted by Crippen LogP contribution is -2.22. The number of likely N-dealkylation sites (tertiary alicyclic amines) is 1. The molecular formula is C33H31ClN6O3. The summed E-state index contributed by atoms with van der Waals surface area (Å²) in [5.74, 6) is 1.15. The summed E-state index contributed by atoms with van der Waals surface area (Å²) in [6.07, 6.45) is 6.14. The number of aromatic nitrogens is 4. The topological polar surface area (TPSA) is 112 Å². The van der Waals surface area contributed by atoms with E-state index in [1.807, 2.05) is 36.7 Å². The molecular weight excluding hydrogens is 564 g/mol. The lowest BCUT2D eigenvalue weighted by atomic mass is 9.93. The van der Waals surface area contributed by atoms with Crippen molar-refractivity contribution in [1.29, 1.82) is 0 Å². The van der Waals surface area contributed by atoms with E-state index in [9.17, 15) is 10.2 Å². The van der Waals surface area contributed by atoms with Crippen molar-refractivity contribution in [2.75, 3.05) is 18.4 Å². The number of β-amino-alcohol motifs (C(OH)–C–C–N with tert-alkyl or cyclic N) is 1. The van der Waals surface area contributed by atoms with Gasteiger partial charge in [0.2, 0.25) is 5.89 Å². The summed E-state index contributed by atoms with van der Waals surface area (Å²) < 4.78 is 8.17. The molecule has 1 aliphatic heterocycles. The van der Waals surface area contributed by atoms with Gasteiger partial charge in [0.25, 0.3) is 0 Å². The van der Waals surface area contributed by atoms with Crippen molar-refractivity contribution in [2.45, 2.75) is 39.5 Å². The van der Waals surface area contributed by atoms with Crippen LogP contribution in [0.5, 0.6) is 0 Å². The van der Waals surface area contributed by atoms with Crippen LogP contribution in [-0.2, 0) is 13.2 Å². The maximum absolute atomic E-state index is 9.92. The highest BCUT2D eigenvalue weighted by atomic mass is 35.5. The quantitative estimate of drug-likeness (QED) is 0.198. The Morgan fingerprint density at radius 2 is 1.84 bits per heavy atom. The minimum atomic E-state index is -0.258. The van der Waals surface area contributed by atoms with E-state index in [-0.39, 0.29) is 12.7 Å². The van der Waals surface area contributed by atoms with Crippen molar-refractivity contribution in [3.63, 3.8) is 0 Å². The second-order valence-electron chi connectivity index (χ2n) is 11.1. The fourth-order valence-corrected chi connectivity index (χ4v) is 6.24. The summed E-state index contributed by atoms with van der Waals surface area (Å²) in [5.41, 5.74) is 9.63. The van der Waals surface area contributed by atoms with Crippen molar-refractivity contribution in [3.8, 4) is 22.6 Å². The van der Waals surface area contributed by atoms with Crippen molar-refractivity contribution in [1.82, 2.24) is 24.3 Å². The number of rotatable bonds is 7. The lowest BCUT2D eigenvalue weighted by Gasteiger charge is -2.16. The fraction of sp³-hybridized carbons (Fsp3) is 0.242. The SMILES string of the molecule is Cc1c(Nc2nccn3c(CN4CC[C@H](O)C4)cnc23)cccc1-c1cccc(-c2nc3cc(CO)cc(Cl)c3o2)c1C. The van der Waals surface area contributed by atoms with Crippen LogP contribution in [-0.4, -0.2) is 53.7 Å². The largest absolute Gasteiger partial charge is 0.434 e. The predicted octanol–water partition coefficient (Wildman–Crippen LogP) is 6.28. The van der Waals surface area contributed by atoms with Crippen LogP contribution in [0.15, 0.2) is 71.5 Å². The number of benzene rings is 3. The Morgan fingerprint density at radius 1 is 1.05 bits per heavy atom. The van der Waals surface area contributed by atoms with Crippen LogP contribution >= 0.6 is 11.6 Å². The van der Waals surface area contributed by atoms with E-state index < -0.39 is 0 Å². The van der Waals surface area contributed by atoms with Gasteiger partial charge in [0.1, 0.15) is 5.52 Å². The van der Waals surface area contributed by atoms with Gasteiger partial charge in [-0.05, 0) is 72.4 Å². The third-order valence-corrected chi connectivity index (χ3v) is 8.55. The average Bonchev–Trinajstić information content (AvgIpc) is 3.74. The molecule has 218 valence electrons. The van der Waals surface area contributed by atoms with Crippen LogP contribution in [0.1, 0.15) is 28.8 Å². The first kappa shape index (κ1) is 27.5. The van der Waals surface area contributed by atoms with Crippen LogP contribution in [0.25, 0.3) is 39.3 Å². The highest BCUT2D eigenvalue weighted by Gasteiger charge is 2.22. The summed E-state index contributed by atoms with van der Waals surface area (Å²) in [6.45, 7) is 6.32. The van der Waals surface area contributed by atoms with Crippen molar-refractivity contribution >= 4 is 39.9 Å². The molecule has 0 amide bonds. The first-order chi connectivity index (χ1) is 20.9. The van der Waals surface area contributed by atoms with E-state index in [0.29, 0.717) is 39.9 Å². The summed E-state index contributed by atoms with van der Waals surface area (Å²) >= 11 is 6.42. The highest BCUT2D eigenvalue weighted by molar-refractivity contribution is 6.34. The van der Waals surface area contributed by atoms with Gasteiger partial charge in [-0.25, -0.2) is 15.0 Å². The molecule has 1 atom stereocenters. The molecule has 0 radical (unpaired) electrons. The van der Waals surface area contributed by atoms with Gasteiger partial charge in [-0.15, -0.1) is 0 Å². The number of halogens is 1. The number of hydrogen-bond donors (Lipinski definition) is 3. The Hall–Kier alpha value is -4.28. The third kappa shape index (κ3) is 5.04. The molecule has 10 heteroatoms. The maximum Gasteiger partial charge on any atom is 0.227 e. The number of anilines is 2. The molecule has 0 unspecified atom stereocenters. The van der Waals surface area contributed by atoms with Crippen LogP contribution in [0, 0.1) is 13.8 Å². The molecule has 0 aliphatic carbocycles. The van der Waals surface area contributed by atoms with Gasteiger partial charge in [0.15, 0.2) is 17.0 Å². The molecule has 3 aromatic heterocycles. The number of oxazole rings is 1. The zero-order chi connectivity index (χ0) is 29.7. The zero-order valence-corrected chi connectivity index (χ0v) is 24.6. The van der Waals surface area contributed by atoms with Gasteiger partial charge in [0, 0.05) is 43.3 Å². The Bertz CT molecular complexity index is 1980. The smallest absolute Gasteiger partial charge is 0.227 e. The molecule has 7 rings (SSSR count). The molecule has 9 nitrogen and oxygen atoms in total. The standard InChI is InChI=1S/C33H31ClN6O3/c1-19-24(5-3-7-26(19)33-38-29-14-21(18-41)13-27(34)30(29)43-33)25-6-4-8-28(20(25)2)37-31-32-36-15-22(40(32)12-10-35-31)16-39-11-9-23(42)17-39/h3-8,10,12-15,23,41-42H,9,11,16-18H2,1-2H3,(H,35,37)/t23-/m0/s1. The van der Waals surface area contributed by atoms with Gasteiger partial charge in [-0.2, -0.15) is 0 Å². The minimum absolute atomic E-state index is 0.120. The molecule has 43 heavy (non-hydrogen) atoms. The molecule has 3 N–H and O–H groups in total. The number of aliphatic hydroxyl groups is 2. The Balaban J connectivity index is 1.21. The van der Waals surface area contributed by atoms with Crippen LogP contribution in [0.2, 0.25) is 5.02 Å². The van der Waals surface area contributed by atoms with Gasteiger partial charge in [-0.1, -0.05) is 35.9 Å². The number of nitrogens with zero attached hydrogens (tertiary/aromatic N) is 5. The molecule has 0 bridgehead atoms. The van der Waals surface area contributed by atoms with Crippen molar-refractivity contribution in [3.05, 3.63) is 94.5 Å². The van der Waals surface area contributed by atoms with Gasteiger partial charge in [0.05, 0.1) is 29.6 Å². The molecule has 1 saturated heterocycles. The fourth-order valence-electron chi connectivity index (χ4n) is 5.96. The zero-order valence-electron chi connectivity index (χ0n) is 23.9. The molecule has 1 fully saturated rings. The molecule has 1 aliphatic rings. The average molecular weight is 595 g/mol. The Kier molecular flexibility index (Phi) is 7.10. The van der Waals surface area contributed by atoms with Crippen LogP contribution in [0.3, 0.4) is 0 Å². The summed E-state index contributed by atoms with van der Waals surface area (Å²) in [6, 6.07) is 15.8. The highest BCUT2D eigenvalue weighted by Crippen LogP contribution is 2.38. The van der Waals surface area contributed by atoms with E-state index in [2.05, 4.69) is 50.6 Å². The molecule has 4 heterocycles. The number of nitrogens with one attached hydrogen (secondary N) is 1. The van der Waals surface area contributed by atoms with Crippen molar-refractivity contribution in [2.24, 2.45) is 0 Å². The van der Waals surface area contributed by atoms with Gasteiger partial charge >= 0.3 is 0 Å². The van der Waals surface area contributed by atoms with Gasteiger partial charge < -0.3 is 19.9 Å². The summed E-state index contributed by atoms with van der Waals surface area (Å²) in [7, 11) is 0. The van der Waals surface area contributed by atoms with E-state index in [1.165, 1.54) is 0 Å². The Labute approximate surface area is 253 Å². The van der Waals surface area contributed by atoms with Crippen LogP contribution < -0.4 is 5.32 Å². The minimum Gasteiger partial charge on any atom is -0.434 e. The number of hydrogen-bond acceptors (Lipinski definition) is 8. The molecule has 0 saturated carbocycles. The summed E-state index contributed by atoms with van der Waals surface area (Å²) in [4.78, 5) is 16.3. The lowest BCUT2D eigenvalue weighted by molar-refractivity contribution is 0.174. The monoisotopic (exact) mass is 594 g/mol. The van der Waals surface area contributed by atoms with E-state index >= 15 is 0 Å². The van der Waals surface area contributed by atoms with Gasteiger partial charge in [-0.3, -0.25) is 9.30 Å². The molecule has 0 spiro atoms. The number of fused-ring (bicyclic) bond motifs is 2. The normalized spacial score (nSPS) is 15.6. The molecule has 6 aromatic rings. The second kappa shape index (κ2) is 11.1. The number of imidazole rings is 1. The second-order valence-corrected chi connectivity index (χ2v) is 11.5. The predicted molar refractivity (Wildman–Crippen MR) is 167 cm³/mol. The maximum atomic E-state index is 9.92. The van der Waals surface area contributed by atoms with E-state index in [4.69, 9.17) is 21.0 Å². The molecule has 3 aromatic carbocycles. The van der Waals surface area contributed by atoms with E-state index in [1.54, 1.807) is 18.3 Å². The third-order valence-electron chi connectivity index (χ3n) is 8.27. The summed E-state index contributed by atoms with van der Waals surface area (Å²) in [5, 5.41) is 23.4. The van der Waals surface area contributed by atoms with Crippen LogP contribution in [0.4, 0.5) is 11.5 Å². The Morgan fingerprint density at radius 3 is 2.63 bits per heavy atom.